The number of halogens is 3. The zero-order valence-electron chi connectivity index (χ0n) is 21.2. The summed E-state index contributed by atoms with van der Waals surface area (Å²) in [6.45, 7) is 8.23. The summed E-state index contributed by atoms with van der Waals surface area (Å²) < 4.78 is 56.9. The van der Waals surface area contributed by atoms with Crippen LogP contribution in [0.25, 0.3) is 17.1 Å². The average molecular weight is 523 g/mol. The number of alkyl halides is 3. The maximum atomic E-state index is 13.0. The Morgan fingerprint density at radius 1 is 0.973 bits per heavy atom. The van der Waals surface area contributed by atoms with Gasteiger partial charge in [0.25, 0.3) is 0 Å². The molecule has 2 N–H and O–H groups in total. The summed E-state index contributed by atoms with van der Waals surface area (Å²) in [5.41, 5.74) is 1.11. The lowest BCUT2D eigenvalue weighted by Gasteiger charge is -2.14. The predicted octanol–water partition coefficient (Wildman–Crippen LogP) is 4.81. The first kappa shape index (κ1) is 28.4. The second-order valence-electron chi connectivity index (χ2n) is 8.76. The van der Waals surface area contributed by atoms with Gasteiger partial charge in [0.1, 0.15) is 6.61 Å². The van der Waals surface area contributed by atoms with Crippen LogP contribution in [-0.4, -0.2) is 65.6 Å². The minimum Gasteiger partial charge on any atom is -0.460 e. The van der Waals surface area contributed by atoms with Crippen LogP contribution < -0.4 is 10.1 Å². The Morgan fingerprint density at radius 2 is 1.68 bits per heavy atom. The molecule has 0 spiro atoms. The highest BCUT2D eigenvalue weighted by Gasteiger charge is 2.30. The van der Waals surface area contributed by atoms with Crippen LogP contribution in [0.2, 0.25) is 0 Å². The monoisotopic (exact) mass is 522 g/mol. The standard InChI is InChI=1S/C26H33F3N4O4/c1-4-35-13-14-37-25-31-24(19-5-7-20(8-6-19)26(27,28)29)33(32-25)22-11-9-21(10-12-22)30-15-23(34)17-36-16-18(2)3/h5-12,18,23,30,34H,4,13-17H2,1-3H3/t23-/m0/s1. The van der Waals surface area contributed by atoms with E-state index in [1.54, 1.807) is 12.1 Å². The molecule has 11 heteroatoms. The normalized spacial score (nSPS) is 12.6. The Labute approximate surface area is 214 Å². The van der Waals surface area contributed by atoms with E-state index >= 15 is 0 Å². The molecule has 1 aromatic heterocycles. The van der Waals surface area contributed by atoms with Gasteiger partial charge in [-0.2, -0.15) is 18.2 Å². The summed E-state index contributed by atoms with van der Waals surface area (Å²) >= 11 is 0. The van der Waals surface area contributed by atoms with Crippen molar-refractivity contribution in [1.29, 1.82) is 0 Å². The highest BCUT2D eigenvalue weighted by molar-refractivity contribution is 5.60. The van der Waals surface area contributed by atoms with Crippen molar-refractivity contribution in [3.63, 3.8) is 0 Å². The van der Waals surface area contributed by atoms with Crippen LogP contribution in [0.4, 0.5) is 18.9 Å². The Hall–Kier alpha value is -3.15. The SMILES string of the molecule is CCOCCOc1nc(-c2ccc(C(F)(F)F)cc2)n(-c2ccc(NC[C@H](O)COCC(C)C)cc2)n1. The molecule has 0 unspecified atom stereocenters. The smallest absolute Gasteiger partial charge is 0.416 e. The topological polar surface area (TPSA) is 90.7 Å². The van der Waals surface area contributed by atoms with Crippen LogP contribution in [0, 0.1) is 5.92 Å². The minimum absolute atomic E-state index is 0.0846. The van der Waals surface area contributed by atoms with Gasteiger partial charge >= 0.3 is 12.2 Å². The van der Waals surface area contributed by atoms with E-state index in [0.717, 1.165) is 17.8 Å². The Morgan fingerprint density at radius 3 is 2.30 bits per heavy atom. The molecule has 0 saturated carbocycles. The number of benzene rings is 2. The third-order valence-electron chi connectivity index (χ3n) is 5.14. The van der Waals surface area contributed by atoms with Gasteiger partial charge in [-0.1, -0.05) is 26.0 Å². The minimum atomic E-state index is -4.43. The summed E-state index contributed by atoms with van der Waals surface area (Å²) in [7, 11) is 0. The van der Waals surface area contributed by atoms with Crippen LogP contribution in [0.3, 0.4) is 0 Å². The zero-order valence-corrected chi connectivity index (χ0v) is 21.2. The number of nitrogens with one attached hydrogen (secondary N) is 1. The molecule has 3 aromatic rings. The Kier molecular flexibility index (Phi) is 10.3. The molecular weight excluding hydrogens is 489 g/mol. The second-order valence-corrected chi connectivity index (χ2v) is 8.76. The van der Waals surface area contributed by atoms with Gasteiger partial charge in [-0.05, 0) is 49.2 Å². The van der Waals surface area contributed by atoms with Gasteiger partial charge in [-0.3, -0.25) is 0 Å². The molecule has 1 atom stereocenters. The molecule has 0 aliphatic rings. The number of hydrogen-bond donors (Lipinski definition) is 2. The van der Waals surface area contributed by atoms with E-state index in [1.165, 1.54) is 16.8 Å². The quantitative estimate of drug-likeness (QED) is 0.294. The van der Waals surface area contributed by atoms with E-state index in [-0.39, 0.29) is 19.2 Å². The van der Waals surface area contributed by atoms with Crippen LogP contribution in [0.15, 0.2) is 48.5 Å². The van der Waals surface area contributed by atoms with Crippen molar-refractivity contribution in [1.82, 2.24) is 14.8 Å². The van der Waals surface area contributed by atoms with Gasteiger partial charge in [-0.25, -0.2) is 4.68 Å². The molecule has 0 radical (unpaired) electrons. The maximum Gasteiger partial charge on any atom is 0.416 e. The van der Waals surface area contributed by atoms with Crippen molar-refractivity contribution in [2.24, 2.45) is 5.92 Å². The Bertz CT molecular complexity index is 1090. The first-order chi connectivity index (χ1) is 17.7. The van der Waals surface area contributed by atoms with E-state index in [0.29, 0.717) is 49.4 Å². The van der Waals surface area contributed by atoms with Crippen molar-refractivity contribution in [3.8, 4) is 23.1 Å². The number of aliphatic hydroxyl groups excluding tert-OH is 1. The highest BCUT2D eigenvalue weighted by atomic mass is 19.4. The van der Waals surface area contributed by atoms with Crippen LogP contribution in [0.1, 0.15) is 26.3 Å². The largest absolute Gasteiger partial charge is 0.460 e. The number of aromatic nitrogens is 3. The van der Waals surface area contributed by atoms with E-state index in [4.69, 9.17) is 14.2 Å². The number of aliphatic hydroxyl groups is 1. The first-order valence-corrected chi connectivity index (χ1v) is 12.1. The molecule has 8 nitrogen and oxygen atoms in total. The third-order valence-corrected chi connectivity index (χ3v) is 5.14. The molecule has 0 amide bonds. The number of nitrogens with zero attached hydrogens (tertiary/aromatic N) is 3. The van der Waals surface area contributed by atoms with E-state index in [1.807, 2.05) is 32.9 Å². The summed E-state index contributed by atoms with van der Waals surface area (Å²) in [6, 6.07) is 12.0. The molecule has 1 heterocycles. The van der Waals surface area contributed by atoms with Gasteiger partial charge in [0, 0.05) is 31.0 Å². The van der Waals surface area contributed by atoms with Gasteiger partial charge in [0.2, 0.25) is 0 Å². The summed E-state index contributed by atoms with van der Waals surface area (Å²) in [5, 5.41) is 17.7. The third kappa shape index (κ3) is 8.73. The fourth-order valence-electron chi connectivity index (χ4n) is 3.32. The van der Waals surface area contributed by atoms with Crippen molar-refractivity contribution >= 4 is 5.69 Å². The fourth-order valence-corrected chi connectivity index (χ4v) is 3.32. The van der Waals surface area contributed by atoms with Gasteiger partial charge in [-0.15, -0.1) is 5.10 Å². The summed E-state index contributed by atoms with van der Waals surface area (Å²) in [4.78, 5) is 4.40. The Balaban J connectivity index is 1.76. The lowest BCUT2D eigenvalue weighted by atomic mass is 10.1. The maximum absolute atomic E-state index is 13.0. The molecule has 0 saturated heterocycles. The first-order valence-electron chi connectivity index (χ1n) is 12.1. The van der Waals surface area contributed by atoms with E-state index in [2.05, 4.69) is 15.4 Å². The molecule has 0 fully saturated rings. The van der Waals surface area contributed by atoms with Gasteiger partial charge in [0.15, 0.2) is 5.82 Å². The fraction of sp³-hybridized carbons (Fsp3) is 0.462. The summed E-state index contributed by atoms with van der Waals surface area (Å²) in [5.74, 6) is 0.728. The predicted molar refractivity (Wildman–Crippen MR) is 134 cm³/mol. The van der Waals surface area contributed by atoms with E-state index < -0.39 is 17.8 Å². The van der Waals surface area contributed by atoms with Gasteiger partial charge in [0.05, 0.1) is 30.6 Å². The number of ether oxygens (including phenoxy) is 3. The lowest BCUT2D eigenvalue weighted by molar-refractivity contribution is -0.137. The highest BCUT2D eigenvalue weighted by Crippen LogP contribution is 2.31. The van der Waals surface area contributed by atoms with Crippen molar-refractivity contribution in [2.75, 3.05) is 44.9 Å². The number of hydrogen-bond acceptors (Lipinski definition) is 7. The molecular formula is C26H33F3N4O4. The van der Waals surface area contributed by atoms with Crippen molar-refractivity contribution in [3.05, 3.63) is 54.1 Å². The lowest BCUT2D eigenvalue weighted by Crippen LogP contribution is -2.25. The van der Waals surface area contributed by atoms with Crippen LogP contribution in [0.5, 0.6) is 6.01 Å². The van der Waals surface area contributed by atoms with E-state index in [9.17, 15) is 18.3 Å². The molecule has 0 aliphatic heterocycles. The van der Waals surface area contributed by atoms with Crippen LogP contribution in [-0.2, 0) is 15.7 Å². The molecule has 0 bridgehead atoms. The molecule has 2 aromatic carbocycles. The molecule has 3 rings (SSSR count). The van der Waals surface area contributed by atoms with Crippen molar-refractivity contribution < 1.29 is 32.5 Å². The number of rotatable bonds is 14. The average Bonchev–Trinajstić information content (AvgIpc) is 3.29. The molecule has 202 valence electrons. The molecule has 0 aliphatic carbocycles. The second kappa shape index (κ2) is 13.4. The number of anilines is 1. The van der Waals surface area contributed by atoms with Crippen LogP contribution >= 0.6 is 0 Å². The summed E-state index contributed by atoms with van der Waals surface area (Å²) in [6.07, 6.45) is -5.09. The zero-order chi connectivity index (χ0) is 26.8. The van der Waals surface area contributed by atoms with Gasteiger partial charge < -0.3 is 24.6 Å². The molecule has 37 heavy (non-hydrogen) atoms. The van der Waals surface area contributed by atoms with Crippen molar-refractivity contribution in [2.45, 2.75) is 33.1 Å².